The van der Waals surface area contributed by atoms with Crippen molar-refractivity contribution < 1.29 is 27.1 Å². The standard InChI is InChI=1S/C11H15FN4O.C2H3F3O.C2H6/c1-2-8-10(12)11(15-7-14-8)13-6-9(17)16-4-3-5-16;1-6-2(3,4)5;1-2/h7H,2-6H2,1H3,(H,13,14,15);1H3;1-2H3. The molecule has 10 heteroatoms. The Bertz CT molecular complexity index is 523. The maximum atomic E-state index is 13.7. The van der Waals surface area contributed by atoms with Crippen LogP contribution in [0, 0.1) is 5.82 Å². The quantitative estimate of drug-likeness (QED) is 0.828. The van der Waals surface area contributed by atoms with E-state index in [1.165, 1.54) is 6.33 Å². The van der Waals surface area contributed by atoms with Crippen molar-refractivity contribution in [3.63, 3.8) is 0 Å². The number of hydrogen-bond donors (Lipinski definition) is 1. The van der Waals surface area contributed by atoms with E-state index in [1.54, 1.807) is 4.90 Å². The molecule has 0 saturated carbocycles. The highest BCUT2D eigenvalue weighted by Crippen LogP contribution is 2.14. The highest BCUT2D eigenvalue weighted by atomic mass is 19.4. The first-order valence-electron chi connectivity index (χ1n) is 7.91. The number of alkyl halides is 3. The Labute approximate surface area is 144 Å². The van der Waals surface area contributed by atoms with E-state index in [2.05, 4.69) is 20.0 Å². The number of nitrogens with zero attached hydrogens (tertiary/aromatic N) is 3. The molecule has 0 spiro atoms. The summed E-state index contributed by atoms with van der Waals surface area (Å²) in [5.41, 5.74) is 0.360. The predicted molar refractivity (Wildman–Crippen MR) is 85.5 cm³/mol. The smallest absolute Gasteiger partial charge is 0.358 e. The minimum atomic E-state index is -4.46. The molecule has 2 rings (SSSR count). The van der Waals surface area contributed by atoms with E-state index >= 15 is 0 Å². The van der Waals surface area contributed by atoms with Gasteiger partial charge in [0.05, 0.1) is 12.2 Å². The van der Waals surface area contributed by atoms with Crippen molar-refractivity contribution >= 4 is 11.7 Å². The lowest BCUT2D eigenvalue weighted by atomic mass is 10.2. The Morgan fingerprint density at radius 2 is 1.88 bits per heavy atom. The number of aromatic nitrogens is 2. The SMILES string of the molecule is CC.CCc1ncnc(NCC(=O)N2CCC2)c1F.COC(F)(F)F. The van der Waals surface area contributed by atoms with Crippen molar-refractivity contribution in [2.24, 2.45) is 0 Å². The van der Waals surface area contributed by atoms with Crippen molar-refractivity contribution in [1.82, 2.24) is 14.9 Å². The molecular formula is C15H24F4N4O2. The number of rotatable bonds is 4. The summed E-state index contributed by atoms with van der Waals surface area (Å²) < 4.78 is 48.3. The summed E-state index contributed by atoms with van der Waals surface area (Å²) in [7, 11) is 0.583. The van der Waals surface area contributed by atoms with Gasteiger partial charge in [0, 0.05) is 20.2 Å². The second-order valence-corrected chi connectivity index (χ2v) is 4.57. The highest BCUT2D eigenvalue weighted by Gasteiger charge is 2.25. The third-order valence-electron chi connectivity index (χ3n) is 3.04. The molecule has 1 N–H and O–H groups in total. The molecule has 1 aliphatic heterocycles. The zero-order valence-electron chi connectivity index (χ0n) is 14.8. The molecule has 1 saturated heterocycles. The molecule has 1 fully saturated rings. The lowest BCUT2D eigenvalue weighted by molar-refractivity contribution is -0.311. The number of halogens is 4. The van der Waals surface area contributed by atoms with E-state index in [4.69, 9.17) is 0 Å². The van der Waals surface area contributed by atoms with Crippen molar-refractivity contribution in [3.8, 4) is 0 Å². The number of nitrogens with one attached hydrogen (secondary N) is 1. The van der Waals surface area contributed by atoms with Gasteiger partial charge in [-0.3, -0.25) is 9.53 Å². The number of ether oxygens (including phenoxy) is 1. The first-order valence-corrected chi connectivity index (χ1v) is 7.91. The van der Waals surface area contributed by atoms with Gasteiger partial charge in [-0.2, -0.15) is 0 Å². The number of methoxy groups -OCH3 is 1. The summed E-state index contributed by atoms with van der Waals surface area (Å²) in [4.78, 5) is 20.9. The summed E-state index contributed by atoms with van der Waals surface area (Å²) >= 11 is 0. The summed E-state index contributed by atoms with van der Waals surface area (Å²) in [5.74, 6) is -0.385. The normalized spacial score (nSPS) is 12.9. The van der Waals surface area contributed by atoms with Gasteiger partial charge < -0.3 is 10.2 Å². The van der Waals surface area contributed by atoms with E-state index in [0.717, 1.165) is 19.5 Å². The molecule has 1 aliphatic rings. The first kappa shape index (κ1) is 23.0. The van der Waals surface area contributed by atoms with E-state index in [9.17, 15) is 22.4 Å². The summed E-state index contributed by atoms with van der Waals surface area (Å²) in [6, 6.07) is 0. The van der Waals surface area contributed by atoms with Gasteiger partial charge >= 0.3 is 6.36 Å². The Morgan fingerprint density at radius 1 is 1.32 bits per heavy atom. The average molecular weight is 368 g/mol. The molecule has 0 radical (unpaired) electrons. The van der Waals surface area contributed by atoms with Crippen LogP contribution in [0.25, 0.3) is 0 Å². The van der Waals surface area contributed by atoms with Gasteiger partial charge in [-0.05, 0) is 12.8 Å². The number of carbonyl (C=O) groups excluding carboxylic acids is 1. The van der Waals surface area contributed by atoms with Gasteiger partial charge in [0.2, 0.25) is 5.91 Å². The largest absolute Gasteiger partial charge is 0.522 e. The number of aryl methyl sites for hydroxylation is 1. The third kappa shape index (κ3) is 8.62. The van der Waals surface area contributed by atoms with Gasteiger partial charge in [0.1, 0.15) is 6.33 Å². The lowest BCUT2D eigenvalue weighted by Gasteiger charge is -2.30. The topological polar surface area (TPSA) is 67.4 Å². The maximum Gasteiger partial charge on any atom is 0.522 e. The zero-order valence-corrected chi connectivity index (χ0v) is 14.8. The highest BCUT2D eigenvalue weighted by molar-refractivity contribution is 5.81. The number of anilines is 1. The summed E-state index contributed by atoms with van der Waals surface area (Å²) in [6.07, 6.45) is -1.60. The molecule has 1 amide bonds. The monoisotopic (exact) mass is 368 g/mol. The van der Waals surface area contributed by atoms with Gasteiger partial charge in [-0.1, -0.05) is 20.8 Å². The van der Waals surface area contributed by atoms with Crippen molar-refractivity contribution in [2.75, 3.05) is 32.1 Å². The molecule has 0 bridgehead atoms. The number of amides is 1. The van der Waals surface area contributed by atoms with Crippen LogP contribution < -0.4 is 5.32 Å². The van der Waals surface area contributed by atoms with E-state index in [1.807, 2.05) is 20.8 Å². The van der Waals surface area contributed by atoms with Crippen LogP contribution in [-0.4, -0.2) is 53.9 Å². The number of likely N-dealkylation sites (tertiary alicyclic amines) is 1. The fourth-order valence-electron chi connectivity index (χ4n) is 1.61. The van der Waals surface area contributed by atoms with Crippen LogP contribution in [0.5, 0.6) is 0 Å². The van der Waals surface area contributed by atoms with Crippen LogP contribution in [0.1, 0.15) is 32.9 Å². The third-order valence-corrected chi connectivity index (χ3v) is 3.04. The minimum Gasteiger partial charge on any atom is -0.358 e. The second kappa shape index (κ2) is 11.6. The zero-order chi connectivity index (χ0) is 19.5. The van der Waals surface area contributed by atoms with Gasteiger partial charge in [-0.15, -0.1) is 13.2 Å². The molecule has 25 heavy (non-hydrogen) atoms. The van der Waals surface area contributed by atoms with Crippen molar-refractivity contribution in [3.05, 3.63) is 17.8 Å². The summed E-state index contributed by atoms with van der Waals surface area (Å²) in [5, 5.41) is 2.72. The number of hydrogen-bond acceptors (Lipinski definition) is 5. The van der Waals surface area contributed by atoms with E-state index < -0.39 is 12.2 Å². The first-order chi connectivity index (χ1) is 11.8. The maximum absolute atomic E-state index is 13.7. The van der Waals surface area contributed by atoms with E-state index in [0.29, 0.717) is 19.2 Å². The Morgan fingerprint density at radius 3 is 2.28 bits per heavy atom. The van der Waals surface area contributed by atoms with Gasteiger partial charge in [-0.25, -0.2) is 14.4 Å². The van der Waals surface area contributed by atoms with Crippen molar-refractivity contribution in [2.45, 2.75) is 40.0 Å². The molecule has 6 nitrogen and oxygen atoms in total. The fourth-order valence-corrected chi connectivity index (χ4v) is 1.61. The van der Waals surface area contributed by atoms with Crippen molar-refractivity contribution in [1.29, 1.82) is 0 Å². The number of carbonyl (C=O) groups is 1. The lowest BCUT2D eigenvalue weighted by Crippen LogP contribution is -2.44. The average Bonchev–Trinajstić information content (AvgIpc) is 2.54. The molecule has 2 heterocycles. The van der Waals surface area contributed by atoms with Crippen LogP contribution in [0.15, 0.2) is 6.33 Å². The van der Waals surface area contributed by atoms with Crippen LogP contribution in [-0.2, 0) is 16.0 Å². The Balaban J connectivity index is 0.000000614. The van der Waals surface area contributed by atoms with Crippen LogP contribution in [0.3, 0.4) is 0 Å². The van der Waals surface area contributed by atoms with Gasteiger partial charge in [0.15, 0.2) is 11.6 Å². The fraction of sp³-hybridized carbons (Fsp3) is 0.667. The molecular weight excluding hydrogens is 344 g/mol. The van der Waals surface area contributed by atoms with Crippen LogP contribution >= 0.6 is 0 Å². The van der Waals surface area contributed by atoms with Crippen LogP contribution in [0.2, 0.25) is 0 Å². The Hall–Kier alpha value is -1.97. The predicted octanol–water partition coefficient (Wildman–Crippen LogP) is 3.00. The molecule has 1 aromatic rings. The molecule has 0 unspecified atom stereocenters. The van der Waals surface area contributed by atoms with Crippen LogP contribution in [0.4, 0.5) is 23.4 Å². The molecule has 1 aromatic heterocycles. The molecule has 0 aliphatic carbocycles. The second-order valence-electron chi connectivity index (χ2n) is 4.57. The van der Waals surface area contributed by atoms with E-state index in [-0.39, 0.29) is 18.3 Å². The molecule has 144 valence electrons. The summed E-state index contributed by atoms with van der Waals surface area (Å²) in [6.45, 7) is 7.50. The minimum absolute atomic E-state index is 0.0210. The van der Waals surface area contributed by atoms with Gasteiger partial charge in [0.25, 0.3) is 0 Å². The Kier molecular flexibility index (Phi) is 10.7. The molecule has 0 aromatic carbocycles. The molecule has 0 atom stereocenters.